The van der Waals surface area contributed by atoms with Gasteiger partial charge in [0.05, 0.1) is 19.3 Å². The van der Waals surface area contributed by atoms with Gasteiger partial charge < -0.3 is 19.7 Å². The van der Waals surface area contributed by atoms with Gasteiger partial charge in [-0.15, -0.1) is 0 Å². The molecule has 0 spiro atoms. The number of nitrogens with zero attached hydrogens (tertiary/aromatic N) is 3. The number of ether oxygens (including phenoxy) is 2. The number of fused-ring (bicyclic) bond motifs is 3. The zero-order valence-electron chi connectivity index (χ0n) is 17.3. The Morgan fingerprint density at radius 2 is 1.90 bits per heavy atom. The van der Waals surface area contributed by atoms with E-state index in [9.17, 15) is 4.79 Å². The lowest BCUT2D eigenvalue weighted by atomic mass is 9.99. The number of amides is 1. The maximum absolute atomic E-state index is 12.6. The SMILES string of the molecule is O=C1O[C@@H]2Cc3ccccc3[C@@H]2N1C1CCN(C(=S)NCCN2CCOCC2)CC1. The molecule has 3 saturated heterocycles. The molecule has 1 aromatic carbocycles. The van der Waals surface area contributed by atoms with E-state index < -0.39 is 0 Å². The topological polar surface area (TPSA) is 57.3 Å². The predicted octanol–water partition coefficient (Wildman–Crippen LogP) is 1.78. The van der Waals surface area contributed by atoms with Gasteiger partial charge in [-0.3, -0.25) is 9.80 Å². The molecule has 0 unspecified atom stereocenters. The second kappa shape index (κ2) is 8.69. The lowest BCUT2D eigenvalue weighted by Gasteiger charge is -2.39. The van der Waals surface area contributed by atoms with Crippen molar-refractivity contribution in [3.05, 3.63) is 35.4 Å². The minimum absolute atomic E-state index is 0.0316. The fourth-order valence-electron chi connectivity index (χ4n) is 5.26. The first kappa shape index (κ1) is 20.0. The molecule has 1 aliphatic carbocycles. The average Bonchev–Trinajstić information content (AvgIpc) is 3.29. The summed E-state index contributed by atoms with van der Waals surface area (Å²) in [6.45, 7) is 7.23. The number of morpholine rings is 1. The van der Waals surface area contributed by atoms with Crippen LogP contribution in [0, 0.1) is 0 Å². The van der Waals surface area contributed by atoms with E-state index in [1.807, 2.05) is 4.90 Å². The molecule has 4 aliphatic rings. The highest BCUT2D eigenvalue weighted by Crippen LogP contribution is 2.44. The molecule has 3 aliphatic heterocycles. The Bertz CT molecular complexity index is 792. The number of thiocarbonyl (C=S) groups is 1. The van der Waals surface area contributed by atoms with Crippen LogP contribution in [0.2, 0.25) is 0 Å². The van der Waals surface area contributed by atoms with Gasteiger partial charge in [-0.25, -0.2) is 4.79 Å². The lowest BCUT2D eigenvalue weighted by Crippen LogP contribution is -2.51. The predicted molar refractivity (Wildman–Crippen MR) is 117 cm³/mol. The first-order valence-electron chi connectivity index (χ1n) is 11.1. The Hall–Kier alpha value is -1.90. The van der Waals surface area contributed by atoms with Gasteiger partial charge in [0, 0.05) is 51.7 Å². The fourth-order valence-corrected chi connectivity index (χ4v) is 5.54. The van der Waals surface area contributed by atoms with Crippen molar-refractivity contribution in [2.75, 3.05) is 52.5 Å². The second-order valence-electron chi connectivity index (χ2n) is 8.58. The summed E-state index contributed by atoms with van der Waals surface area (Å²) in [5.74, 6) is 0. The Balaban J connectivity index is 1.13. The van der Waals surface area contributed by atoms with Gasteiger partial charge in [0.15, 0.2) is 5.11 Å². The molecule has 0 saturated carbocycles. The van der Waals surface area contributed by atoms with Gasteiger partial charge in [0.1, 0.15) is 6.10 Å². The van der Waals surface area contributed by atoms with Gasteiger partial charge in [-0.05, 0) is 36.2 Å². The molecule has 2 atom stereocenters. The standard InChI is InChI=1S/C22H30N4O3S/c27-22-26(20-18-4-2-1-3-16(18)15-19(20)29-22)17-5-8-25(9-6-17)21(30)23-7-10-24-11-13-28-14-12-24/h1-4,17,19-20H,5-15H2,(H,23,30)/t19-,20+/m1/s1. The van der Waals surface area contributed by atoms with E-state index in [4.69, 9.17) is 21.7 Å². The van der Waals surface area contributed by atoms with Gasteiger partial charge in [0.25, 0.3) is 0 Å². The third kappa shape index (κ3) is 3.88. The quantitative estimate of drug-likeness (QED) is 0.731. The summed E-state index contributed by atoms with van der Waals surface area (Å²) in [6, 6.07) is 8.72. The largest absolute Gasteiger partial charge is 0.443 e. The number of hydrogen-bond acceptors (Lipinski definition) is 5. The normalized spacial score (nSPS) is 27.0. The van der Waals surface area contributed by atoms with Crippen LogP contribution in [0.15, 0.2) is 24.3 Å². The molecule has 3 fully saturated rings. The smallest absolute Gasteiger partial charge is 0.411 e. The summed E-state index contributed by atoms with van der Waals surface area (Å²) in [4.78, 5) is 19.3. The van der Waals surface area contributed by atoms with E-state index in [1.54, 1.807) is 0 Å². The highest BCUT2D eigenvalue weighted by atomic mass is 32.1. The van der Waals surface area contributed by atoms with Crippen LogP contribution in [-0.4, -0.2) is 90.5 Å². The number of likely N-dealkylation sites (tertiary alicyclic amines) is 1. The lowest BCUT2D eigenvalue weighted by molar-refractivity contribution is 0.0388. The van der Waals surface area contributed by atoms with Crippen molar-refractivity contribution < 1.29 is 14.3 Å². The van der Waals surface area contributed by atoms with E-state index in [1.165, 1.54) is 11.1 Å². The van der Waals surface area contributed by atoms with Crippen molar-refractivity contribution in [3.63, 3.8) is 0 Å². The Morgan fingerprint density at radius 1 is 1.13 bits per heavy atom. The average molecular weight is 431 g/mol. The van der Waals surface area contributed by atoms with Crippen molar-refractivity contribution in [1.82, 2.24) is 20.0 Å². The maximum Gasteiger partial charge on any atom is 0.411 e. The van der Waals surface area contributed by atoms with Crippen molar-refractivity contribution in [1.29, 1.82) is 0 Å². The number of nitrogens with one attached hydrogen (secondary N) is 1. The number of rotatable bonds is 4. The summed E-state index contributed by atoms with van der Waals surface area (Å²) < 4.78 is 11.1. The number of carbonyl (C=O) groups excluding carboxylic acids is 1. The van der Waals surface area contributed by atoms with Crippen LogP contribution < -0.4 is 5.32 Å². The Morgan fingerprint density at radius 3 is 2.70 bits per heavy atom. The molecule has 0 aromatic heterocycles. The van der Waals surface area contributed by atoms with Gasteiger partial charge in [0.2, 0.25) is 0 Å². The molecule has 162 valence electrons. The molecule has 3 heterocycles. The third-order valence-electron chi connectivity index (χ3n) is 6.86. The van der Waals surface area contributed by atoms with Crippen LogP contribution in [0.4, 0.5) is 4.79 Å². The van der Waals surface area contributed by atoms with E-state index >= 15 is 0 Å². The monoisotopic (exact) mass is 430 g/mol. The fraction of sp³-hybridized carbons (Fsp3) is 0.636. The van der Waals surface area contributed by atoms with Crippen molar-refractivity contribution in [3.8, 4) is 0 Å². The molecule has 8 heteroatoms. The first-order chi connectivity index (χ1) is 14.7. The Labute approximate surface area is 183 Å². The van der Waals surface area contributed by atoms with Crippen LogP contribution in [0.3, 0.4) is 0 Å². The molecule has 7 nitrogen and oxygen atoms in total. The van der Waals surface area contributed by atoms with Crippen LogP contribution >= 0.6 is 12.2 Å². The van der Waals surface area contributed by atoms with E-state index in [-0.39, 0.29) is 24.3 Å². The number of hydrogen-bond donors (Lipinski definition) is 1. The van der Waals surface area contributed by atoms with E-state index in [2.05, 4.69) is 39.4 Å². The Kier molecular flexibility index (Phi) is 5.80. The maximum atomic E-state index is 12.6. The van der Waals surface area contributed by atoms with Gasteiger partial charge >= 0.3 is 6.09 Å². The molecule has 1 aromatic rings. The second-order valence-corrected chi connectivity index (χ2v) is 8.97. The van der Waals surface area contributed by atoms with E-state index in [0.29, 0.717) is 0 Å². The number of piperidine rings is 1. The molecule has 5 rings (SSSR count). The number of benzene rings is 1. The summed E-state index contributed by atoms with van der Waals surface area (Å²) in [7, 11) is 0. The third-order valence-corrected chi connectivity index (χ3v) is 7.27. The first-order valence-corrected chi connectivity index (χ1v) is 11.5. The molecule has 0 bridgehead atoms. The zero-order chi connectivity index (χ0) is 20.5. The molecule has 0 radical (unpaired) electrons. The minimum atomic E-state index is -0.149. The van der Waals surface area contributed by atoms with Crippen LogP contribution in [0.25, 0.3) is 0 Å². The zero-order valence-corrected chi connectivity index (χ0v) is 18.1. The summed E-state index contributed by atoms with van der Waals surface area (Å²) in [5, 5.41) is 4.24. The van der Waals surface area contributed by atoms with E-state index in [0.717, 1.165) is 76.9 Å². The number of carbonyl (C=O) groups is 1. The van der Waals surface area contributed by atoms with Crippen LogP contribution in [0.5, 0.6) is 0 Å². The van der Waals surface area contributed by atoms with Crippen LogP contribution in [-0.2, 0) is 15.9 Å². The van der Waals surface area contributed by atoms with Crippen molar-refractivity contribution in [2.24, 2.45) is 0 Å². The van der Waals surface area contributed by atoms with Crippen LogP contribution in [0.1, 0.15) is 30.0 Å². The van der Waals surface area contributed by atoms with Gasteiger partial charge in [-0.1, -0.05) is 24.3 Å². The van der Waals surface area contributed by atoms with Crippen molar-refractivity contribution >= 4 is 23.4 Å². The summed E-state index contributed by atoms with van der Waals surface area (Å²) >= 11 is 5.63. The minimum Gasteiger partial charge on any atom is -0.443 e. The summed E-state index contributed by atoms with van der Waals surface area (Å²) in [6.07, 6.45) is 2.50. The molecule has 30 heavy (non-hydrogen) atoms. The van der Waals surface area contributed by atoms with Crippen molar-refractivity contribution in [2.45, 2.75) is 37.5 Å². The molecule has 1 N–H and O–H groups in total. The molecular weight excluding hydrogens is 400 g/mol. The summed E-state index contributed by atoms with van der Waals surface area (Å²) in [5.41, 5.74) is 2.57. The highest BCUT2D eigenvalue weighted by molar-refractivity contribution is 7.80. The highest BCUT2D eigenvalue weighted by Gasteiger charge is 2.50. The molecular formula is C22H30N4O3S. The van der Waals surface area contributed by atoms with Gasteiger partial charge in [-0.2, -0.15) is 0 Å². The molecule has 1 amide bonds.